The van der Waals surface area contributed by atoms with Crippen molar-refractivity contribution in [2.45, 2.75) is 58.8 Å². The highest BCUT2D eigenvalue weighted by molar-refractivity contribution is 6.60. The van der Waals surface area contributed by atoms with Gasteiger partial charge in [0.1, 0.15) is 6.17 Å². The number of hydrogen-bond donors (Lipinski definition) is 0. The van der Waals surface area contributed by atoms with Crippen molar-refractivity contribution in [3.8, 4) is 0 Å². The van der Waals surface area contributed by atoms with Crippen molar-refractivity contribution in [2.75, 3.05) is 47.6 Å². The van der Waals surface area contributed by atoms with Crippen LogP contribution in [0, 0.1) is 0 Å². The van der Waals surface area contributed by atoms with Gasteiger partial charge in [0.2, 0.25) is 0 Å². The van der Waals surface area contributed by atoms with Gasteiger partial charge in [0.25, 0.3) is 0 Å². The predicted molar refractivity (Wildman–Crippen MR) is 91.2 cm³/mol. The molecule has 5 heteroatoms. The molecular formula is C16H38NO3Si+. The van der Waals surface area contributed by atoms with E-state index in [1.807, 2.05) is 0 Å². The first-order valence-corrected chi connectivity index (χ1v) is 10.4. The number of nitrogens with zero attached hydrogens (tertiary/aromatic N) is 1. The lowest BCUT2D eigenvalue weighted by atomic mass is 10.1. The zero-order chi connectivity index (χ0) is 16.2. The van der Waals surface area contributed by atoms with E-state index in [0.29, 0.717) is 0 Å². The molecule has 21 heavy (non-hydrogen) atoms. The summed E-state index contributed by atoms with van der Waals surface area (Å²) in [5.41, 5.74) is 0. The molecule has 0 aromatic carbocycles. The van der Waals surface area contributed by atoms with E-state index in [1.165, 1.54) is 51.5 Å². The maximum Gasteiger partial charge on any atom is 0.558 e. The fourth-order valence-electron chi connectivity index (χ4n) is 2.99. The van der Waals surface area contributed by atoms with Gasteiger partial charge in [-0.25, -0.2) is 0 Å². The van der Waals surface area contributed by atoms with Crippen molar-refractivity contribution in [3.63, 3.8) is 0 Å². The van der Waals surface area contributed by atoms with Gasteiger partial charge in [-0.05, 0) is 19.3 Å². The molecular weight excluding hydrogens is 282 g/mol. The van der Waals surface area contributed by atoms with Gasteiger partial charge in [0.15, 0.2) is 0 Å². The van der Waals surface area contributed by atoms with Crippen LogP contribution in [0.4, 0.5) is 0 Å². The van der Waals surface area contributed by atoms with Crippen molar-refractivity contribution < 1.29 is 17.8 Å². The average molecular weight is 321 g/mol. The minimum Gasteiger partial charge on any atom is -0.374 e. The lowest BCUT2D eigenvalue weighted by Crippen LogP contribution is -2.61. The van der Waals surface area contributed by atoms with Crippen LogP contribution < -0.4 is 0 Å². The van der Waals surface area contributed by atoms with Crippen molar-refractivity contribution in [2.24, 2.45) is 0 Å². The molecule has 0 aliphatic carbocycles. The molecule has 0 aromatic heterocycles. The monoisotopic (exact) mass is 320 g/mol. The number of hydrogen-bond acceptors (Lipinski definition) is 3. The third kappa shape index (κ3) is 8.31. The van der Waals surface area contributed by atoms with Crippen LogP contribution in [0.3, 0.4) is 0 Å². The highest BCUT2D eigenvalue weighted by Crippen LogP contribution is 2.17. The highest BCUT2D eigenvalue weighted by atomic mass is 28.4. The Morgan fingerprint density at radius 1 is 0.714 bits per heavy atom. The average Bonchev–Trinajstić information content (AvgIpc) is 2.49. The first-order chi connectivity index (χ1) is 10.0. The van der Waals surface area contributed by atoms with Gasteiger partial charge >= 0.3 is 8.80 Å². The van der Waals surface area contributed by atoms with E-state index < -0.39 is 8.80 Å². The normalized spacial score (nSPS) is 15.1. The molecule has 1 unspecified atom stereocenters. The lowest BCUT2D eigenvalue weighted by Gasteiger charge is -2.39. The summed E-state index contributed by atoms with van der Waals surface area (Å²) in [5, 5.41) is 0. The van der Waals surface area contributed by atoms with Gasteiger partial charge in [-0.1, -0.05) is 39.5 Å². The Labute approximate surface area is 133 Å². The van der Waals surface area contributed by atoms with Gasteiger partial charge in [-0.3, -0.25) is 0 Å². The molecule has 0 aliphatic heterocycles. The summed E-state index contributed by atoms with van der Waals surface area (Å²) in [4.78, 5) is 0. The largest absolute Gasteiger partial charge is 0.558 e. The van der Waals surface area contributed by atoms with Gasteiger partial charge in [-0.15, -0.1) is 0 Å². The number of rotatable bonds is 14. The summed E-state index contributed by atoms with van der Waals surface area (Å²) >= 11 is 0. The minimum absolute atomic E-state index is 0.860. The maximum absolute atomic E-state index is 5.62. The molecule has 128 valence electrons. The molecule has 0 radical (unpaired) electrons. The number of quaternary nitrogens is 1. The minimum atomic E-state index is -2.50. The molecule has 0 aliphatic rings. The summed E-state index contributed by atoms with van der Waals surface area (Å²) in [6, 6.07) is 0. The van der Waals surface area contributed by atoms with Gasteiger partial charge in [0, 0.05) is 21.3 Å². The fraction of sp³-hybridized carbons (Fsp3) is 1.00. The van der Waals surface area contributed by atoms with E-state index in [9.17, 15) is 0 Å². The zero-order valence-corrected chi connectivity index (χ0v) is 16.2. The molecule has 0 heterocycles. The van der Waals surface area contributed by atoms with E-state index in [2.05, 4.69) is 20.9 Å². The number of unbranched alkanes of at least 4 members (excludes halogenated alkanes) is 5. The summed E-state index contributed by atoms with van der Waals surface area (Å²) in [7, 11) is 4.94. The van der Waals surface area contributed by atoms with Gasteiger partial charge < -0.3 is 17.8 Å². The molecule has 0 bridgehead atoms. The second kappa shape index (κ2) is 11.6. The second-order valence-corrected chi connectivity index (χ2v) is 9.19. The highest BCUT2D eigenvalue weighted by Gasteiger charge is 2.46. The Balaban J connectivity index is 4.40. The van der Waals surface area contributed by atoms with Crippen molar-refractivity contribution in [1.82, 2.24) is 0 Å². The van der Waals surface area contributed by atoms with E-state index >= 15 is 0 Å². The van der Waals surface area contributed by atoms with Crippen LogP contribution >= 0.6 is 0 Å². The third-order valence-corrected chi connectivity index (χ3v) is 7.34. The topological polar surface area (TPSA) is 27.7 Å². The van der Waals surface area contributed by atoms with Crippen LogP contribution in [0.1, 0.15) is 58.8 Å². The summed E-state index contributed by atoms with van der Waals surface area (Å²) in [5.74, 6) is 0. The smallest absolute Gasteiger partial charge is 0.374 e. The molecule has 0 spiro atoms. The van der Waals surface area contributed by atoms with Gasteiger partial charge in [0.05, 0.1) is 20.1 Å². The standard InChI is InChI=1S/C16H38NO3Si/c1-7-9-10-11-12-13-15-17(3,14-8-2)16-21(18-4,19-5)20-6/h7-16H2,1-6H3/q+1. The van der Waals surface area contributed by atoms with E-state index in [0.717, 1.165) is 17.2 Å². The molecule has 0 rings (SSSR count). The summed E-state index contributed by atoms with van der Waals surface area (Å²) in [6.07, 6.45) is 10.1. The SMILES string of the molecule is CCCCCCCC[N+](C)(CCC)C[Si](OC)(OC)OC. The molecule has 0 saturated heterocycles. The molecule has 0 N–H and O–H groups in total. The first-order valence-electron chi connectivity index (χ1n) is 8.50. The fourth-order valence-corrected chi connectivity index (χ4v) is 5.13. The summed E-state index contributed by atoms with van der Waals surface area (Å²) < 4.78 is 17.8. The lowest BCUT2D eigenvalue weighted by molar-refractivity contribution is -0.902. The predicted octanol–water partition coefficient (Wildman–Crippen LogP) is 3.62. The van der Waals surface area contributed by atoms with Crippen LogP contribution in [-0.4, -0.2) is 60.9 Å². The van der Waals surface area contributed by atoms with E-state index in [4.69, 9.17) is 13.3 Å². The van der Waals surface area contributed by atoms with E-state index in [-0.39, 0.29) is 0 Å². The third-order valence-electron chi connectivity index (χ3n) is 4.32. The zero-order valence-electron chi connectivity index (χ0n) is 15.2. The van der Waals surface area contributed by atoms with E-state index in [1.54, 1.807) is 21.3 Å². The Morgan fingerprint density at radius 2 is 1.24 bits per heavy atom. The van der Waals surface area contributed by atoms with Crippen molar-refractivity contribution in [1.29, 1.82) is 0 Å². The van der Waals surface area contributed by atoms with Crippen LogP contribution in [0.5, 0.6) is 0 Å². The molecule has 0 saturated carbocycles. The first kappa shape index (κ1) is 21.1. The quantitative estimate of drug-likeness (QED) is 0.278. The summed E-state index contributed by atoms with van der Waals surface area (Å²) in [6.45, 7) is 6.84. The maximum atomic E-state index is 5.62. The van der Waals surface area contributed by atoms with Crippen LogP contribution in [0.2, 0.25) is 0 Å². The van der Waals surface area contributed by atoms with Crippen molar-refractivity contribution >= 4 is 8.80 Å². The molecule has 0 aromatic rings. The molecule has 1 atom stereocenters. The molecule has 4 nitrogen and oxygen atoms in total. The Morgan fingerprint density at radius 3 is 1.71 bits per heavy atom. The van der Waals surface area contributed by atoms with Crippen molar-refractivity contribution in [3.05, 3.63) is 0 Å². The molecule has 0 fully saturated rings. The van der Waals surface area contributed by atoms with Crippen LogP contribution in [0.25, 0.3) is 0 Å². The molecule has 0 amide bonds. The van der Waals surface area contributed by atoms with Crippen LogP contribution in [-0.2, 0) is 13.3 Å². The van der Waals surface area contributed by atoms with Crippen LogP contribution in [0.15, 0.2) is 0 Å². The Kier molecular flexibility index (Phi) is 11.6. The Bertz CT molecular complexity index is 241. The second-order valence-electron chi connectivity index (χ2n) is 6.29. The van der Waals surface area contributed by atoms with Gasteiger partial charge in [-0.2, -0.15) is 0 Å². The Hall–Kier alpha value is 0.0569.